The Morgan fingerprint density at radius 2 is 1.12 bits per heavy atom. The SMILES string of the molecule is O=S(=O)(O)O.[O]=[Mn]=[O]. The molecule has 0 saturated heterocycles. The number of hydrogen-bond donors (Lipinski definition) is 2. The maximum absolute atomic E-state index is 8.74. The quantitative estimate of drug-likeness (QED) is 0.374. The fourth-order valence-electron chi connectivity index (χ4n) is 0. The molecule has 0 aliphatic heterocycles. The van der Waals surface area contributed by atoms with Gasteiger partial charge in [0.2, 0.25) is 0 Å². The van der Waals surface area contributed by atoms with Gasteiger partial charge in [-0.15, -0.1) is 0 Å². The molecular formula is H2MnO6S. The Kier molecular flexibility index (Phi) is 6.98. The Bertz CT molecular complexity index is 149. The zero-order valence-corrected chi connectivity index (χ0v) is 5.31. The van der Waals surface area contributed by atoms with Gasteiger partial charge in [-0.3, -0.25) is 9.11 Å². The van der Waals surface area contributed by atoms with Crippen LogP contribution in [0.3, 0.4) is 0 Å². The maximum atomic E-state index is 8.74. The zero-order chi connectivity index (χ0) is 7.21. The molecule has 8 heavy (non-hydrogen) atoms. The summed E-state index contributed by atoms with van der Waals surface area (Å²) in [5, 5.41) is 0. The molecule has 0 aliphatic rings. The summed E-state index contributed by atoms with van der Waals surface area (Å²) in [6, 6.07) is 0. The molecule has 2 N–H and O–H groups in total. The molecule has 0 spiro atoms. The van der Waals surface area contributed by atoms with Crippen molar-refractivity contribution in [2.45, 2.75) is 0 Å². The summed E-state index contributed by atoms with van der Waals surface area (Å²) in [7, 11) is -4.67. The Morgan fingerprint density at radius 1 is 1.12 bits per heavy atom. The Hall–Kier alpha value is -0.0105. The minimum atomic E-state index is -4.67. The molecule has 0 aromatic carbocycles. The van der Waals surface area contributed by atoms with E-state index in [1.54, 1.807) is 0 Å². The molecule has 0 fully saturated rings. The average molecular weight is 185 g/mol. The second kappa shape index (κ2) is 5.13. The molecule has 8 heteroatoms. The fraction of sp³-hybridized carbons (Fsp3) is 0. The van der Waals surface area contributed by atoms with Crippen LogP contribution in [0.5, 0.6) is 0 Å². The third-order valence-electron chi connectivity index (χ3n) is 0. The topological polar surface area (TPSA) is 109 Å². The van der Waals surface area contributed by atoms with Gasteiger partial charge in [-0.1, -0.05) is 0 Å². The van der Waals surface area contributed by atoms with E-state index in [2.05, 4.69) is 0 Å². The molecule has 0 heterocycles. The molecule has 0 aliphatic carbocycles. The molecule has 0 saturated carbocycles. The van der Waals surface area contributed by atoms with Crippen molar-refractivity contribution in [1.29, 1.82) is 0 Å². The summed E-state index contributed by atoms with van der Waals surface area (Å²) >= 11 is -1.44. The van der Waals surface area contributed by atoms with E-state index in [-0.39, 0.29) is 0 Å². The van der Waals surface area contributed by atoms with Crippen molar-refractivity contribution in [2.24, 2.45) is 0 Å². The van der Waals surface area contributed by atoms with Gasteiger partial charge in [0.1, 0.15) is 0 Å². The van der Waals surface area contributed by atoms with Crippen LogP contribution >= 0.6 is 0 Å². The van der Waals surface area contributed by atoms with Gasteiger partial charge in [-0.2, -0.15) is 8.42 Å². The summed E-state index contributed by atoms with van der Waals surface area (Å²) in [6.07, 6.45) is 0. The van der Waals surface area contributed by atoms with Gasteiger partial charge < -0.3 is 0 Å². The van der Waals surface area contributed by atoms with E-state index in [9.17, 15) is 0 Å². The van der Waals surface area contributed by atoms with Crippen LogP contribution in [0.25, 0.3) is 0 Å². The van der Waals surface area contributed by atoms with Crippen LogP contribution in [0.2, 0.25) is 0 Å². The second-order valence-corrected chi connectivity index (χ2v) is 1.60. The van der Waals surface area contributed by atoms with Crippen LogP contribution in [0, 0.1) is 0 Å². The summed E-state index contributed by atoms with van der Waals surface area (Å²) in [5.41, 5.74) is 0. The van der Waals surface area contributed by atoms with Gasteiger partial charge >= 0.3 is 32.9 Å². The first-order chi connectivity index (χ1) is 3.41. The Morgan fingerprint density at radius 3 is 1.12 bits per heavy atom. The zero-order valence-electron chi connectivity index (χ0n) is 3.31. The van der Waals surface area contributed by atoms with E-state index in [0.717, 1.165) is 0 Å². The van der Waals surface area contributed by atoms with Crippen LogP contribution in [0.1, 0.15) is 0 Å². The molecule has 0 atom stereocenters. The van der Waals surface area contributed by atoms with E-state index in [4.69, 9.17) is 25.2 Å². The first-order valence-electron chi connectivity index (χ1n) is 1.01. The molecule has 6 nitrogen and oxygen atoms in total. The number of rotatable bonds is 0. The first-order valence-corrected chi connectivity index (χ1v) is 3.37. The molecule has 51 valence electrons. The summed E-state index contributed by atoms with van der Waals surface area (Å²) in [6.45, 7) is 0. The van der Waals surface area contributed by atoms with Crippen molar-refractivity contribution in [3.63, 3.8) is 0 Å². The van der Waals surface area contributed by atoms with Gasteiger partial charge in [-0.05, 0) is 0 Å². The van der Waals surface area contributed by atoms with E-state index in [1.807, 2.05) is 0 Å². The van der Waals surface area contributed by atoms with Crippen molar-refractivity contribution in [1.82, 2.24) is 0 Å². The van der Waals surface area contributed by atoms with E-state index in [1.165, 1.54) is 0 Å². The van der Waals surface area contributed by atoms with Crippen molar-refractivity contribution >= 4 is 10.4 Å². The standard InChI is InChI=1S/Mn.H2O4S.2O/c;1-5(2,3)4;;/h;(H2,1,2,3,4);;. The van der Waals surface area contributed by atoms with Crippen molar-refractivity contribution in [3.05, 3.63) is 0 Å². The summed E-state index contributed by atoms with van der Waals surface area (Å²) in [5.74, 6) is 0. The molecule has 0 rings (SSSR count). The predicted molar refractivity (Wildman–Crippen MR) is 15.6 cm³/mol. The van der Waals surface area contributed by atoms with Crippen LogP contribution < -0.4 is 0 Å². The molecule has 0 radical (unpaired) electrons. The Balaban J connectivity index is 0. The van der Waals surface area contributed by atoms with Gasteiger partial charge in [0.15, 0.2) is 0 Å². The minimum absolute atomic E-state index is 1.44. The second-order valence-electron chi connectivity index (χ2n) is 0.511. The molecule has 0 aromatic heterocycles. The monoisotopic (exact) mass is 185 g/mol. The van der Waals surface area contributed by atoms with Gasteiger partial charge in [0.25, 0.3) is 0 Å². The normalized spacial score (nSPS) is 8.75. The molecule has 0 aromatic rings. The van der Waals surface area contributed by atoms with Crippen molar-refractivity contribution < 1.29 is 40.0 Å². The van der Waals surface area contributed by atoms with Crippen LogP contribution in [0.15, 0.2) is 0 Å². The first kappa shape index (κ1) is 10.9. The summed E-state index contributed by atoms with van der Waals surface area (Å²) in [4.78, 5) is 0. The number of hydrogen-bond acceptors (Lipinski definition) is 4. The third kappa shape index (κ3) is 1350000. The van der Waals surface area contributed by atoms with E-state index >= 15 is 0 Å². The third-order valence-corrected chi connectivity index (χ3v) is 0. The van der Waals surface area contributed by atoms with Crippen LogP contribution in [-0.2, 0) is 32.9 Å². The molecule has 0 unspecified atom stereocenters. The Labute approximate surface area is 51.0 Å². The average Bonchev–Trinajstić information content (AvgIpc) is 1.27. The van der Waals surface area contributed by atoms with Gasteiger partial charge in [0, 0.05) is 0 Å². The van der Waals surface area contributed by atoms with Gasteiger partial charge in [0.05, 0.1) is 0 Å². The van der Waals surface area contributed by atoms with Crippen molar-refractivity contribution in [3.8, 4) is 0 Å². The molecule has 0 bridgehead atoms. The predicted octanol–water partition coefficient (Wildman–Crippen LogP) is -0.893. The van der Waals surface area contributed by atoms with E-state index < -0.39 is 25.2 Å². The molecule has 0 amide bonds. The van der Waals surface area contributed by atoms with Gasteiger partial charge in [-0.25, -0.2) is 0 Å². The van der Waals surface area contributed by atoms with Crippen LogP contribution in [0.4, 0.5) is 0 Å². The summed E-state index contributed by atoms with van der Waals surface area (Å²) < 4.78 is 48.4. The fourth-order valence-corrected chi connectivity index (χ4v) is 0. The molecular weight excluding hydrogens is 183 g/mol. The van der Waals surface area contributed by atoms with E-state index in [0.29, 0.717) is 0 Å². The van der Waals surface area contributed by atoms with Crippen molar-refractivity contribution in [2.75, 3.05) is 0 Å². The van der Waals surface area contributed by atoms with Crippen LogP contribution in [-0.4, -0.2) is 17.5 Å².